The van der Waals surface area contributed by atoms with Crippen LogP contribution in [0.1, 0.15) is 25.2 Å². The number of ether oxygens (including phenoxy) is 2. The predicted octanol–water partition coefficient (Wildman–Crippen LogP) is 3.05. The average Bonchev–Trinajstić information content (AvgIpc) is 3.24. The molecule has 0 spiro atoms. The Hall–Kier alpha value is -3.46. The van der Waals surface area contributed by atoms with Crippen molar-refractivity contribution >= 4 is 11.5 Å². The summed E-state index contributed by atoms with van der Waals surface area (Å²) in [5, 5.41) is 3.47. The van der Waals surface area contributed by atoms with Crippen LogP contribution in [0.4, 0.5) is 11.5 Å². The standard InChI is InChI=1S/C25H32N6O3/c1-6-31-24(18-11-12-22(33-5)27-16(18)3)28-17(4)23(25(31)32)29-19-14-30(15-20(19)34-7-2)21-10-8-9-13-26-21/h8-13,19-20,29H,6-7,14-15H2,1-5H3/t19-,20+/m1/s1. The van der Waals surface area contributed by atoms with Gasteiger partial charge < -0.3 is 19.7 Å². The number of rotatable bonds is 8. The van der Waals surface area contributed by atoms with Gasteiger partial charge in [-0.25, -0.2) is 15.0 Å². The Morgan fingerprint density at radius 3 is 2.56 bits per heavy atom. The molecule has 180 valence electrons. The molecule has 34 heavy (non-hydrogen) atoms. The lowest BCUT2D eigenvalue weighted by molar-refractivity contribution is 0.0720. The maximum Gasteiger partial charge on any atom is 0.277 e. The molecule has 1 aliphatic heterocycles. The van der Waals surface area contributed by atoms with Crippen molar-refractivity contribution < 1.29 is 9.47 Å². The minimum absolute atomic E-state index is 0.0734. The fourth-order valence-electron chi connectivity index (χ4n) is 4.42. The van der Waals surface area contributed by atoms with Gasteiger partial charge in [0, 0.05) is 44.1 Å². The van der Waals surface area contributed by atoms with Crippen molar-refractivity contribution in [3.8, 4) is 17.3 Å². The summed E-state index contributed by atoms with van der Waals surface area (Å²) in [6, 6.07) is 9.47. The van der Waals surface area contributed by atoms with Crippen LogP contribution in [0.2, 0.25) is 0 Å². The smallest absolute Gasteiger partial charge is 0.277 e. The zero-order chi connectivity index (χ0) is 24.2. The molecule has 1 N–H and O–H groups in total. The lowest BCUT2D eigenvalue weighted by Crippen LogP contribution is -2.38. The van der Waals surface area contributed by atoms with Crippen LogP contribution in [0.25, 0.3) is 11.4 Å². The first-order valence-corrected chi connectivity index (χ1v) is 11.6. The number of hydrogen-bond acceptors (Lipinski definition) is 8. The van der Waals surface area contributed by atoms with Gasteiger partial charge in [0.1, 0.15) is 17.3 Å². The Morgan fingerprint density at radius 1 is 1.09 bits per heavy atom. The van der Waals surface area contributed by atoms with E-state index in [0.29, 0.717) is 49.3 Å². The van der Waals surface area contributed by atoms with Crippen LogP contribution in [0.15, 0.2) is 41.3 Å². The van der Waals surface area contributed by atoms with Gasteiger partial charge in [-0.15, -0.1) is 0 Å². The molecule has 4 heterocycles. The third kappa shape index (κ3) is 4.61. The second-order valence-corrected chi connectivity index (χ2v) is 8.27. The normalized spacial score (nSPS) is 17.7. The van der Waals surface area contributed by atoms with E-state index in [1.54, 1.807) is 23.9 Å². The largest absolute Gasteiger partial charge is 0.481 e. The van der Waals surface area contributed by atoms with Gasteiger partial charge in [-0.1, -0.05) is 6.07 Å². The zero-order valence-corrected chi connectivity index (χ0v) is 20.4. The average molecular weight is 465 g/mol. The van der Waals surface area contributed by atoms with Crippen LogP contribution < -0.4 is 20.5 Å². The van der Waals surface area contributed by atoms with Crippen molar-refractivity contribution in [2.75, 3.05) is 37.0 Å². The number of aryl methyl sites for hydroxylation is 2. The van der Waals surface area contributed by atoms with E-state index >= 15 is 0 Å². The third-order valence-electron chi connectivity index (χ3n) is 6.13. The van der Waals surface area contributed by atoms with Gasteiger partial charge in [0.05, 0.1) is 30.6 Å². The molecule has 0 bridgehead atoms. The highest BCUT2D eigenvalue weighted by Gasteiger charge is 2.35. The lowest BCUT2D eigenvalue weighted by atomic mass is 10.1. The molecule has 0 aromatic carbocycles. The van der Waals surface area contributed by atoms with E-state index in [9.17, 15) is 4.79 Å². The number of anilines is 2. The summed E-state index contributed by atoms with van der Waals surface area (Å²) in [5.74, 6) is 2.03. The lowest BCUT2D eigenvalue weighted by Gasteiger charge is -2.22. The SMILES string of the molecule is CCO[C@H]1CN(c2ccccn2)C[C@H]1Nc1c(C)nc(-c2ccc(OC)nc2C)n(CC)c1=O. The molecule has 3 aromatic heterocycles. The highest BCUT2D eigenvalue weighted by Crippen LogP contribution is 2.26. The van der Waals surface area contributed by atoms with E-state index in [2.05, 4.69) is 20.2 Å². The molecule has 0 aliphatic carbocycles. The first-order chi connectivity index (χ1) is 16.5. The van der Waals surface area contributed by atoms with E-state index < -0.39 is 0 Å². The van der Waals surface area contributed by atoms with Gasteiger partial charge >= 0.3 is 0 Å². The molecule has 1 fully saturated rings. The minimum Gasteiger partial charge on any atom is -0.481 e. The number of nitrogens with zero attached hydrogens (tertiary/aromatic N) is 5. The van der Waals surface area contributed by atoms with Gasteiger partial charge in [0.2, 0.25) is 5.88 Å². The summed E-state index contributed by atoms with van der Waals surface area (Å²) in [4.78, 5) is 29.5. The second-order valence-electron chi connectivity index (χ2n) is 8.27. The molecule has 0 radical (unpaired) electrons. The molecule has 1 aliphatic rings. The molecule has 9 heteroatoms. The van der Waals surface area contributed by atoms with Crippen molar-refractivity contribution in [3.63, 3.8) is 0 Å². The number of aromatic nitrogens is 4. The fraction of sp³-hybridized carbons (Fsp3) is 0.440. The number of nitrogens with one attached hydrogen (secondary N) is 1. The van der Waals surface area contributed by atoms with Gasteiger partial charge in [0.15, 0.2) is 0 Å². The molecular weight excluding hydrogens is 432 g/mol. The van der Waals surface area contributed by atoms with Gasteiger partial charge in [-0.05, 0) is 45.9 Å². The third-order valence-corrected chi connectivity index (χ3v) is 6.13. The Labute approximate surface area is 199 Å². The van der Waals surface area contributed by atoms with E-state index in [4.69, 9.17) is 14.5 Å². The summed E-state index contributed by atoms with van der Waals surface area (Å²) >= 11 is 0. The summed E-state index contributed by atoms with van der Waals surface area (Å²) in [6.45, 7) is 10.1. The summed E-state index contributed by atoms with van der Waals surface area (Å²) in [7, 11) is 1.58. The molecule has 9 nitrogen and oxygen atoms in total. The zero-order valence-electron chi connectivity index (χ0n) is 20.4. The Morgan fingerprint density at radius 2 is 1.91 bits per heavy atom. The van der Waals surface area contributed by atoms with Gasteiger partial charge in [-0.3, -0.25) is 9.36 Å². The summed E-state index contributed by atoms with van der Waals surface area (Å²) in [6.07, 6.45) is 1.71. The minimum atomic E-state index is -0.105. The van der Waals surface area contributed by atoms with Crippen LogP contribution in [-0.4, -0.2) is 58.5 Å². The molecular formula is C25H32N6O3. The van der Waals surface area contributed by atoms with Crippen molar-refractivity contribution in [3.05, 3.63) is 58.3 Å². The molecule has 0 unspecified atom stereocenters. The predicted molar refractivity (Wildman–Crippen MR) is 133 cm³/mol. The van der Waals surface area contributed by atoms with Crippen molar-refractivity contribution in [1.29, 1.82) is 0 Å². The topological polar surface area (TPSA) is 94.4 Å². The Balaban J connectivity index is 1.67. The first-order valence-electron chi connectivity index (χ1n) is 11.6. The van der Waals surface area contributed by atoms with Gasteiger partial charge in [-0.2, -0.15) is 0 Å². The molecule has 4 rings (SSSR count). The molecule has 2 atom stereocenters. The number of methoxy groups -OCH3 is 1. The van der Waals surface area contributed by atoms with Crippen LogP contribution in [-0.2, 0) is 11.3 Å². The highest BCUT2D eigenvalue weighted by atomic mass is 16.5. The van der Waals surface area contributed by atoms with Crippen LogP contribution >= 0.6 is 0 Å². The van der Waals surface area contributed by atoms with E-state index in [-0.39, 0.29) is 17.7 Å². The Bertz CT molecular complexity index is 1200. The van der Waals surface area contributed by atoms with E-state index in [1.807, 2.05) is 52.0 Å². The highest BCUT2D eigenvalue weighted by molar-refractivity contribution is 5.62. The van der Waals surface area contributed by atoms with Crippen LogP contribution in [0.3, 0.4) is 0 Å². The Kier molecular flexibility index (Phi) is 7.12. The maximum absolute atomic E-state index is 13.6. The summed E-state index contributed by atoms with van der Waals surface area (Å²) < 4.78 is 12.9. The quantitative estimate of drug-likeness (QED) is 0.544. The molecule has 0 amide bonds. The number of hydrogen-bond donors (Lipinski definition) is 1. The molecule has 0 saturated carbocycles. The van der Waals surface area contributed by atoms with E-state index in [0.717, 1.165) is 17.1 Å². The van der Waals surface area contributed by atoms with Crippen LogP contribution in [0, 0.1) is 13.8 Å². The van der Waals surface area contributed by atoms with Gasteiger partial charge in [0.25, 0.3) is 5.56 Å². The van der Waals surface area contributed by atoms with Crippen LogP contribution in [0.5, 0.6) is 5.88 Å². The number of pyridine rings is 2. The monoisotopic (exact) mass is 464 g/mol. The van der Waals surface area contributed by atoms with Crippen molar-refractivity contribution in [2.24, 2.45) is 0 Å². The fourth-order valence-corrected chi connectivity index (χ4v) is 4.42. The second kappa shape index (κ2) is 10.2. The van der Waals surface area contributed by atoms with Crippen molar-refractivity contribution in [2.45, 2.75) is 46.4 Å². The first kappa shape index (κ1) is 23.7. The summed E-state index contributed by atoms with van der Waals surface area (Å²) in [5.41, 5.74) is 2.61. The molecule has 3 aromatic rings. The van der Waals surface area contributed by atoms with E-state index in [1.165, 1.54) is 0 Å². The van der Waals surface area contributed by atoms with Crippen molar-refractivity contribution in [1.82, 2.24) is 19.5 Å². The molecule has 1 saturated heterocycles. The maximum atomic E-state index is 13.6.